The van der Waals surface area contributed by atoms with E-state index in [1.807, 2.05) is 20.8 Å². The van der Waals surface area contributed by atoms with Crippen LogP contribution in [0.4, 0.5) is 4.79 Å². The van der Waals surface area contributed by atoms with Crippen molar-refractivity contribution in [1.29, 1.82) is 0 Å². The Morgan fingerprint density at radius 1 is 1.38 bits per heavy atom. The third-order valence-electron chi connectivity index (χ3n) is 2.88. The van der Waals surface area contributed by atoms with Crippen LogP contribution in [-0.2, 0) is 9.47 Å². The van der Waals surface area contributed by atoms with Gasteiger partial charge in [-0.15, -0.1) is 0 Å². The van der Waals surface area contributed by atoms with Crippen LogP contribution in [0.3, 0.4) is 0 Å². The maximum atomic E-state index is 11.7. The van der Waals surface area contributed by atoms with E-state index in [-0.39, 0.29) is 42.7 Å². The second-order valence-electron chi connectivity index (χ2n) is 5.44. The molecule has 2 saturated heterocycles. The maximum Gasteiger partial charge on any atom is 1.00 e. The van der Waals surface area contributed by atoms with Crippen molar-refractivity contribution in [3.63, 3.8) is 0 Å². The molecule has 16 heavy (non-hydrogen) atoms. The molecule has 0 unspecified atom stereocenters. The molecule has 0 atom stereocenters. The van der Waals surface area contributed by atoms with Crippen LogP contribution in [0.15, 0.2) is 0 Å². The van der Waals surface area contributed by atoms with Gasteiger partial charge in [-0.25, -0.2) is 4.79 Å². The number of hydrogen-bond donors (Lipinski definition) is 0. The fraction of sp³-hybridized carbons (Fsp3) is 0.909. The van der Waals surface area contributed by atoms with Crippen molar-refractivity contribution in [3.05, 3.63) is 0 Å². The van der Waals surface area contributed by atoms with Crippen LogP contribution in [-0.4, -0.2) is 41.9 Å². The number of likely N-dealkylation sites (tertiary alicyclic amines) is 1. The molecule has 0 radical (unpaired) electrons. The van der Waals surface area contributed by atoms with Gasteiger partial charge in [-0.2, -0.15) is 0 Å². The quantitative estimate of drug-likeness (QED) is 0.397. The average Bonchev–Trinajstić information content (AvgIpc) is 2.83. The van der Waals surface area contributed by atoms with E-state index in [1.165, 1.54) is 0 Å². The summed E-state index contributed by atoms with van der Waals surface area (Å²) in [5.41, 5.74) is -0.277. The van der Waals surface area contributed by atoms with Gasteiger partial charge in [0.1, 0.15) is 5.60 Å². The van der Waals surface area contributed by atoms with Crippen LogP contribution < -0.4 is 29.6 Å². The molecule has 2 heterocycles. The summed E-state index contributed by atoms with van der Waals surface area (Å²) in [7, 11) is 0. The Balaban J connectivity index is 0.00000128. The number of epoxide rings is 1. The van der Waals surface area contributed by atoms with Crippen molar-refractivity contribution in [2.45, 2.75) is 44.8 Å². The minimum absolute atomic E-state index is 0. The third kappa shape index (κ3) is 3.62. The fourth-order valence-corrected chi connectivity index (χ4v) is 1.81. The zero-order chi connectivity index (χ0) is 11.1. The summed E-state index contributed by atoms with van der Waals surface area (Å²) in [6.45, 7) is 8.06. The normalized spacial score (nSPS) is 22.6. The number of rotatable bonds is 0. The van der Waals surface area contributed by atoms with Crippen LogP contribution in [0.25, 0.3) is 0 Å². The Labute approximate surface area is 120 Å². The molecule has 1 spiro atoms. The fourth-order valence-electron chi connectivity index (χ4n) is 1.81. The first-order valence-electron chi connectivity index (χ1n) is 5.52. The van der Waals surface area contributed by atoms with Gasteiger partial charge in [-0.1, -0.05) is 0 Å². The largest absolute Gasteiger partial charge is 1.00 e. The predicted octanol–water partition coefficient (Wildman–Crippen LogP) is -1.10. The molecular formula is C11H20NNaO3. The topological polar surface area (TPSA) is 42.1 Å². The summed E-state index contributed by atoms with van der Waals surface area (Å²) < 4.78 is 10.7. The zero-order valence-corrected chi connectivity index (χ0v) is 12.7. The summed E-state index contributed by atoms with van der Waals surface area (Å²) in [5, 5.41) is 0. The number of carbonyl (C=O) groups is 1. The van der Waals surface area contributed by atoms with Gasteiger partial charge in [0.05, 0.1) is 12.2 Å². The Bertz CT molecular complexity index is 266. The molecule has 4 nitrogen and oxygen atoms in total. The number of hydrogen-bond acceptors (Lipinski definition) is 3. The molecule has 0 saturated carbocycles. The second kappa shape index (κ2) is 4.84. The first-order chi connectivity index (χ1) is 6.90. The summed E-state index contributed by atoms with van der Waals surface area (Å²) in [6, 6.07) is 0. The zero-order valence-electron chi connectivity index (χ0n) is 11.7. The van der Waals surface area contributed by atoms with Crippen LogP contribution >= 0.6 is 0 Å². The van der Waals surface area contributed by atoms with E-state index in [0.29, 0.717) is 0 Å². The monoisotopic (exact) mass is 237 g/mol. The Kier molecular flexibility index (Phi) is 4.33. The molecule has 0 aliphatic carbocycles. The Morgan fingerprint density at radius 2 is 1.88 bits per heavy atom. The molecule has 1 amide bonds. The van der Waals surface area contributed by atoms with Crippen molar-refractivity contribution in [2.24, 2.45) is 0 Å². The van der Waals surface area contributed by atoms with Crippen molar-refractivity contribution >= 4 is 6.09 Å². The summed E-state index contributed by atoms with van der Waals surface area (Å²) >= 11 is 0. The van der Waals surface area contributed by atoms with Gasteiger partial charge in [0.15, 0.2) is 0 Å². The summed E-state index contributed by atoms with van der Waals surface area (Å²) in [6.07, 6.45) is 1.70. The van der Waals surface area contributed by atoms with Crippen molar-refractivity contribution < 1.29 is 45.3 Å². The molecule has 88 valence electrons. The van der Waals surface area contributed by atoms with Crippen molar-refractivity contribution in [3.8, 4) is 0 Å². The van der Waals surface area contributed by atoms with Crippen LogP contribution in [0, 0.1) is 0 Å². The van der Waals surface area contributed by atoms with Gasteiger partial charge in [-0.3, -0.25) is 0 Å². The third-order valence-corrected chi connectivity index (χ3v) is 2.88. The van der Waals surface area contributed by atoms with Crippen LogP contribution in [0.2, 0.25) is 0 Å². The van der Waals surface area contributed by atoms with Gasteiger partial charge in [0.25, 0.3) is 0 Å². The van der Waals surface area contributed by atoms with Gasteiger partial charge in [-0.05, 0) is 33.6 Å². The van der Waals surface area contributed by atoms with E-state index < -0.39 is 5.60 Å². The van der Waals surface area contributed by atoms with Gasteiger partial charge in [0.2, 0.25) is 0 Å². The summed E-state index contributed by atoms with van der Waals surface area (Å²) in [5.74, 6) is 0. The molecule has 2 aliphatic rings. The predicted molar refractivity (Wildman–Crippen MR) is 56.8 cm³/mol. The first-order valence-corrected chi connectivity index (χ1v) is 5.52. The SMILES string of the molecule is CC(C)(C)OC(=O)N1CCC2(CC1)CO2.[H-].[Na+]. The van der Waals surface area contributed by atoms with Crippen LogP contribution in [0.1, 0.15) is 35.0 Å². The molecule has 0 bridgehead atoms. The number of nitrogens with zero attached hydrogens (tertiary/aromatic N) is 1. The smallest absolute Gasteiger partial charge is 1.00 e. The minimum atomic E-state index is -0.400. The molecule has 2 rings (SSSR count). The average molecular weight is 237 g/mol. The second-order valence-corrected chi connectivity index (χ2v) is 5.44. The molecule has 0 N–H and O–H groups in total. The van der Waals surface area contributed by atoms with E-state index in [9.17, 15) is 4.79 Å². The molecular weight excluding hydrogens is 217 g/mol. The molecule has 0 aromatic rings. The molecule has 2 fully saturated rings. The number of piperidine rings is 1. The maximum absolute atomic E-state index is 11.7. The van der Waals surface area contributed by atoms with E-state index in [1.54, 1.807) is 4.90 Å². The van der Waals surface area contributed by atoms with Crippen molar-refractivity contribution in [1.82, 2.24) is 4.90 Å². The van der Waals surface area contributed by atoms with E-state index >= 15 is 0 Å². The van der Waals surface area contributed by atoms with Gasteiger partial charge in [0, 0.05) is 13.1 Å². The molecule has 0 aromatic carbocycles. The number of ether oxygens (including phenoxy) is 2. The van der Waals surface area contributed by atoms with Gasteiger partial charge < -0.3 is 15.8 Å². The van der Waals surface area contributed by atoms with Crippen molar-refractivity contribution in [2.75, 3.05) is 19.7 Å². The first kappa shape index (κ1) is 14.3. The molecule has 5 heteroatoms. The van der Waals surface area contributed by atoms with Crippen LogP contribution in [0.5, 0.6) is 0 Å². The van der Waals surface area contributed by atoms with E-state index in [4.69, 9.17) is 9.47 Å². The molecule has 2 aliphatic heterocycles. The minimum Gasteiger partial charge on any atom is -1.00 e. The molecule has 0 aromatic heterocycles. The Morgan fingerprint density at radius 3 is 2.25 bits per heavy atom. The van der Waals surface area contributed by atoms with E-state index in [2.05, 4.69) is 0 Å². The standard InChI is InChI=1S/C11H19NO3.Na.H/c1-10(2,3)15-9(13)12-6-4-11(5-7-12)8-14-11;;/h4-8H2,1-3H3;;/q;+1;-1. The number of amides is 1. The van der Waals surface area contributed by atoms with E-state index in [0.717, 1.165) is 32.5 Å². The number of carbonyl (C=O) groups excluding carboxylic acids is 1. The Hall–Kier alpha value is 0.230. The van der Waals surface area contributed by atoms with Gasteiger partial charge >= 0.3 is 35.7 Å². The summed E-state index contributed by atoms with van der Waals surface area (Å²) in [4.78, 5) is 13.5.